The summed E-state index contributed by atoms with van der Waals surface area (Å²) in [6.07, 6.45) is 19.8. The van der Waals surface area contributed by atoms with Crippen molar-refractivity contribution in [3.63, 3.8) is 0 Å². The topological polar surface area (TPSA) is 21.3 Å². The molecule has 0 aromatic rings. The average Bonchev–Trinajstić information content (AvgIpc) is 2.48. The summed E-state index contributed by atoms with van der Waals surface area (Å²) in [7, 11) is 3.75. The van der Waals surface area contributed by atoms with Crippen LogP contribution in [0.5, 0.6) is 0 Å². The first-order chi connectivity index (χ1) is 9.85. The van der Waals surface area contributed by atoms with E-state index in [0.29, 0.717) is 0 Å². The molecule has 0 aliphatic heterocycles. The third-order valence-corrected chi connectivity index (χ3v) is 4.18. The fraction of sp³-hybridized carbons (Fsp3) is 1.00. The van der Waals surface area contributed by atoms with Gasteiger partial charge in [0.2, 0.25) is 0 Å². The van der Waals surface area contributed by atoms with Crippen LogP contribution >= 0.6 is 0 Å². The molecule has 0 rings (SSSR count). The van der Waals surface area contributed by atoms with Gasteiger partial charge in [-0.2, -0.15) is 0 Å². The molecule has 20 heavy (non-hydrogen) atoms. The quantitative estimate of drug-likeness (QED) is 0.292. The minimum absolute atomic E-state index is 0.253. The molecule has 0 bridgehead atoms. The Hall–Kier alpha value is -0.0800. The van der Waals surface area contributed by atoms with Crippen molar-refractivity contribution in [2.45, 2.75) is 103 Å². The SMILES string of the molecule is CCCCCCCCCCCCCCCC(NC)OC. The van der Waals surface area contributed by atoms with Crippen LogP contribution in [0.1, 0.15) is 96.8 Å². The molecule has 0 amide bonds. The van der Waals surface area contributed by atoms with E-state index < -0.39 is 0 Å². The second-order valence-electron chi connectivity index (χ2n) is 6.04. The van der Waals surface area contributed by atoms with Crippen molar-refractivity contribution in [3.8, 4) is 0 Å². The van der Waals surface area contributed by atoms with Gasteiger partial charge in [-0.15, -0.1) is 0 Å². The molecule has 0 spiro atoms. The zero-order valence-electron chi connectivity index (χ0n) is 14.4. The van der Waals surface area contributed by atoms with Crippen LogP contribution in [0.15, 0.2) is 0 Å². The molecule has 122 valence electrons. The van der Waals surface area contributed by atoms with Crippen molar-refractivity contribution in [2.24, 2.45) is 0 Å². The van der Waals surface area contributed by atoms with Crippen LogP contribution in [0.2, 0.25) is 0 Å². The number of nitrogens with one attached hydrogen (secondary N) is 1. The van der Waals surface area contributed by atoms with E-state index in [1.54, 1.807) is 7.11 Å². The van der Waals surface area contributed by atoms with Gasteiger partial charge in [0.25, 0.3) is 0 Å². The Morgan fingerprint density at radius 1 is 0.700 bits per heavy atom. The Morgan fingerprint density at radius 3 is 1.45 bits per heavy atom. The molecule has 0 saturated carbocycles. The van der Waals surface area contributed by atoms with E-state index in [2.05, 4.69) is 12.2 Å². The van der Waals surface area contributed by atoms with E-state index in [4.69, 9.17) is 4.74 Å². The molecule has 1 atom stereocenters. The molecule has 0 heterocycles. The molecule has 1 N–H and O–H groups in total. The summed E-state index contributed by atoms with van der Waals surface area (Å²) in [6.45, 7) is 2.29. The number of unbranched alkanes of at least 4 members (excludes halogenated alkanes) is 12. The molecular weight excluding hydrogens is 246 g/mol. The van der Waals surface area contributed by atoms with Gasteiger partial charge in [0.05, 0.1) is 0 Å². The van der Waals surface area contributed by atoms with E-state index in [0.717, 1.165) is 6.42 Å². The molecular formula is C18H39NO. The largest absolute Gasteiger partial charge is 0.367 e. The monoisotopic (exact) mass is 285 g/mol. The summed E-state index contributed by atoms with van der Waals surface area (Å²) in [5.41, 5.74) is 0. The van der Waals surface area contributed by atoms with Gasteiger partial charge in [-0.05, 0) is 19.9 Å². The molecule has 0 aliphatic rings. The summed E-state index contributed by atoms with van der Waals surface area (Å²) < 4.78 is 5.30. The van der Waals surface area contributed by atoms with Crippen LogP contribution in [-0.2, 0) is 4.74 Å². The second-order valence-corrected chi connectivity index (χ2v) is 6.04. The lowest BCUT2D eigenvalue weighted by molar-refractivity contribution is 0.0713. The Kier molecular flexibility index (Phi) is 16.9. The molecule has 0 aromatic carbocycles. The zero-order valence-corrected chi connectivity index (χ0v) is 14.4. The first-order valence-corrected chi connectivity index (χ1v) is 9.05. The van der Waals surface area contributed by atoms with Crippen LogP contribution in [-0.4, -0.2) is 20.4 Å². The van der Waals surface area contributed by atoms with Crippen LogP contribution in [0.3, 0.4) is 0 Å². The van der Waals surface area contributed by atoms with Crippen molar-refractivity contribution in [1.82, 2.24) is 5.32 Å². The van der Waals surface area contributed by atoms with E-state index in [-0.39, 0.29) is 6.23 Å². The lowest BCUT2D eigenvalue weighted by Gasteiger charge is -2.13. The minimum atomic E-state index is 0.253. The number of ether oxygens (including phenoxy) is 1. The first-order valence-electron chi connectivity index (χ1n) is 9.05. The highest BCUT2D eigenvalue weighted by atomic mass is 16.5. The predicted octanol–water partition coefficient (Wildman–Crippen LogP) is 5.66. The van der Waals surface area contributed by atoms with E-state index in [1.165, 1.54) is 83.5 Å². The third-order valence-electron chi connectivity index (χ3n) is 4.18. The van der Waals surface area contributed by atoms with Crippen LogP contribution in [0, 0.1) is 0 Å². The van der Waals surface area contributed by atoms with Gasteiger partial charge in [0.15, 0.2) is 0 Å². The molecule has 2 heteroatoms. The maximum Gasteiger partial charge on any atom is 0.107 e. The summed E-state index contributed by atoms with van der Waals surface area (Å²) in [4.78, 5) is 0. The van der Waals surface area contributed by atoms with Gasteiger partial charge in [-0.3, -0.25) is 5.32 Å². The Morgan fingerprint density at radius 2 is 1.10 bits per heavy atom. The number of hydrogen-bond acceptors (Lipinski definition) is 2. The van der Waals surface area contributed by atoms with Crippen molar-refractivity contribution in [2.75, 3.05) is 14.2 Å². The van der Waals surface area contributed by atoms with Crippen molar-refractivity contribution in [1.29, 1.82) is 0 Å². The number of hydrogen-bond donors (Lipinski definition) is 1. The van der Waals surface area contributed by atoms with E-state index in [9.17, 15) is 0 Å². The standard InChI is InChI=1S/C18H39NO/c1-4-5-6-7-8-9-10-11-12-13-14-15-16-17-18(19-2)20-3/h18-19H,4-17H2,1-3H3. The summed E-state index contributed by atoms with van der Waals surface area (Å²) in [6, 6.07) is 0. The maximum atomic E-state index is 5.30. The van der Waals surface area contributed by atoms with Crippen molar-refractivity contribution < 1.29 is 4.74 Å². The molecule has 0 aromatic heterocycles. The highest BCUT2D eigenvalue weighted by molar-refractivity contribution is 4.53. The second kappa shape index (κ2) is 17.0. The minimum Gasteiger partial charge on any atom is -0.367 e. The van der Waals surface area contributed by atoms with Gasteiger partial charge in [0, 0.05) is 7.11 Å². The van der Waals surface area contributed by atoms with Crippen LogP contribution < -0.4 is 5.32 Å². The molecule has 0 aliphatic carbocycles. The average molecular weight is 286 g/mol. The Balaban J connectivity index is 3.02. The van der Waals surface area contributed by atoms with Gasteiger partial charge in [0.1, 0.15) is 6.23 Å². The molecule has 0 fully saturated rings. The van der Waals surface area contributed by atoms with Crippen molar-refractivity contribution >= 4 is 0 Å². The lowest BCUT2D eigenvalue weighted by atomic mass is 10.0. The third kappa shape index (κ3) is 14.3. The van der Waals surface area contributed by atoms with Gasteiger partial charge in [-0.25, -0.2) is 0 Å². The fourth-order valence-electron chi connectivity index (χ4n) is 2.73. The fourth-order valence-corrected chi connectivity index (χ4v) is 2.73. The van der Waals surface area contributed by atoms with E-state index >= 15 is 0 Å². The molecule has 1 unspecified atom stereocenters. The smallest absolute Gasteiger partial charge is 0.107 e. The van der Waals surface area contributed by atoms with E-state index in [1.807, 2.05) is 7.05 Å². The van der Waals surface area contributed by atoms with Gasteiger partial charge < -0.3 is 4.74 Å². The summed E-state index contributed by atoms with van der Waals surface area (Å²) in [5.74, 6) is 0. The molecule has 0 saturated heterocycles. The summed E-state index contributed by atoms with van der Waals surface area (Å²) >= 11 is 0. The van der Waals surface area contributed by atoms with Gasteiger partial charge >= 0.3 is 0 Å². The molecule has 0 radical (unpaired) electrons. The lowest BCUT2D eigenvalue weighted by Crippen LogP contribution is -2.26. The van der Waals surface area contributed by atoms with Crippen LogP contribution in [0.25, 0.3) is 0 Å². The Labute approximate surface area is 128 Å². The predicted molar refractivity (Wildman–Crippen MR) is 90.2 cm³/mol. The number of rotatable bonds is 16. The zero-order chi connectivity index (χ0) is 14.9. The maximum absolute atomic E-state index is 5.30. The van der Waals surface area contributed by atoms with Gasteiger partial charge in [-0.1, -0.05) is 84.0 Å². The molecule has 2 nitrogen and oxygen atoms in total. The highest BCUT2D eigenvalue weighted by Gasteiger charge is 2.02. The Bertz CT molecular complexity index is 169. The highest BCUT2D eigenvalue weighted by Crippen LogP contribution is 2.13. The normalized spacial score (nSPS) is 12.8. The van der Waals surface area contributed by atoms with Crippen molar-refractivity contribution in [3.05, 3.63) is 0 Å². The van der Waals surface area contributed by atoms with Crippen LogP contribution in [0.4, 0.5) is 0 Å². The number of methoxy groups -OCH3 is 1. The summed E-state index contributed by atoms with van der Waals surface area (Å²) in [5, 5.41) is 3.17. The first kappa shape index (κ1) is 19.9.